The molecule has 1 heterocycles. The van der Waals surface area contributed by atoms with Crippen LogP contribution in [0.1, 0.15) is 12.8 Å². The van der Waals surface area contributed by atoms with Crippen LogP contribution in [0.3, 0.4) is 0 Å². The van der Waals surface area contributed by atoms with Gasteiger partial charge in [-0.15, -0.1) is 0 Å². The normalized spacial score (nSPS) is 11.1. The van der Waals surface area contributed by atoms with Crippen molar-refractivity contribution in [2.75, 3.05) is 6.54 Å². The summed E-state index contributed by atoms with van der Waals surface area (Å²) in [6, 6.07) is 2.98. The zero-order chi connectivity index (χ0) is 12.9. The number of sulfonamides is 1. The molecule has 0 spiro atoms. The molecule has 1 rings (SSSR count). The third-order valence-corrected chi connectivity index (χ3v) is 3.62. The lowest BCUT2D eigenvalue weighted by Gasteiger charge is -2.05. The van der Waals surface area contributed by atoms with Crippen molar-refractivity contribution >= 4 is 21.6 Å². The van der Waals surface area contributed by atoms with E-state index in [0.717, 1.165) is 12.3 Å². The lowest BCUT2D eigenvalue weighted by Crippen LogP contribution is -2.25. The van der Waals surface area contributed by atoms with Crippen LogP contribution in [0.2, 0.25) is 5.02 Å². The molecule has 0 aromatic carbocycles. The third kappa shape index (κ3) is 3.85. The molecule has 1 aromatic rings. The summed E-state index contributed by atoms with van der Waals surface area (Å²) in [5, 5.41) is 8.11. The largest absolute Gasteiger partial charge is 0.326 e. The Balaban J connectivity index is 2.80. The Morgan fingerprint density at radius 2 is 2.24 bits per heavy atom. The molecule has 6 nitrogen and oxygen atoms in total. The Bertz CT molecular complexity index is 588. The molecule has 0 radical (unpaired) electrons. The molecular formula is C9H10ClN3O3S. The summed E-state index contributed by atoms with van der Waals surface area (Å²) in [4.78, 5) is 13.1. The SMILES string of the molecule is N#CCCCNS(=O)(=O)c1c[nH]c(=O)c(Cl)c1. The number of aromatic amines is 1. The molecule has 0 unspecified atom stereocenters. The van der Waals surface area contributed by atoms with Crippen LogP contribution in [0, 0.1) is 11.3 Å². The van der Waals surface area contributed by atoms with Gasteiger partial charge in [0.05, 0.1) is 11.0 Å². The molecule has 0 amide bonds. The summed E-state index contributed by atoms with van der Waals surface area (Å²) in [7, 11) is -3.69. The van der Waals surface area contributed by atoms with Crippen LogP contribution in [0.4, 0.5) is 0 Å². The summed E-state index contributed by atoms with van der Waals surface area (Å²) in [6.45, 7) is 0.159. The van der Waals surface area contributed by atoms with Crippen LogP contribution in [0.5, 0.6) is 0 Å². The maximum atomic E-state index is 11.7. The van der Waals surface area contributed by atoms with E-state index >= 15 is 0 Å². The Kier molecular flexibility index (Phi) is 4.69. The van der Waals surface area contributed by atoms with Crippen molar-refractivity contribution in [3.8, 4) is 6.07 Å². The predicted octanol–water partition coefficient (Wildman–Crippen LogP) is 0.610. The van der Waals surface area contributed by atoms with Gasteiger partial charge in [-0.25, -0.2) is 13.1 Å². The highest BCUT2D eigenvalue weighted by Crippen LogP contribution is 2.10. The second-order valence-electron chi connectivity index (χ2n) is 3.17. The van der Waals surface area contributed by atoms with Crippen molar-refractivity contribution in [3.05, 3.63) is 27.6 Å². The Morgan fingerprint density at radius 3 is 2.82 bits per heavy atom. The van der Waals surface area contributed by atoms with Gasteiger partial charge in [-0.05, 0) is 12.5 Å². The first-order valence-electron chi connectivity index (χ1n) is 4.72. The van der Waals surface area contributed by atoms with E-state index in [2.05, 4.69) is 9.71 Å². The number of hydrogen-bond donors (Lipinski definition) is 2. The van der Waals surface area contributed by atoms with Gasteiger partial charge in [-0.3, -0.25) is 4.79 Å². The average molecular weight is 276 g/mol. The number of aromatic nitrogens is 1. The van der Waals surface area contributed by atoms with Gasteiger partial charge in [0.2, 0.25) is 10.0 Å². The summed E-state index contributed by atoms with van der Waals surface area (Å²) in [5.74, 6) is 0. The lowest BCUT2D eigenvalue weighted by atomic mass is 10.3. The van der Waals surface area contributed by atoms with E-state index in [1.807, 2.05) is 6.07 Å². The lowest BCUT2D eigenvalue weighted by molar-refractivity contribution is 0.579. The third-order valence-electron chi connectivity index (χ3n) is 1.90. The molecule has 2 N–H and O–H groups in total. The van der Waals surface area contributed by atoms with E-state index in [0.29, 0.717) is 6.42 Å². The minimum absolute atomic E-state index is 0.112. The van der Waals surface area contributed by atoms with Crippen molar-refractivity contribution in [1.29, 1.82) is 5.26 Å². The van der Waals surface area contributed by atoms with E-state index in [-0.39, 0.29) is 22.9 Å². The van der Waals surface area contributed by atoms with E-state index in [9.17, 15) is 13.2 Å². The first-order chi connectivity index (χ1) is 7.97. The molecule has 8 heteroatoms. The quantitative estimate of drug-likeness (QED) is 0.769. The summed E-state index contributed by atoms with van der Waals surface area (Å²) in [5.41, 5.74) is -0.546. The van der Waals surface area contributed by atoms with Crippen LogP contribution < -0.4 is 10.3 Å². The number of unbranched alkanes of at least 4 members (excludes halogenated alkanes) is 1. The van der Waals surface area contributed by atoms with Crippen molar-refractivity contribution in [3.63, 3.8) is 0 Å². The van der Waals surface area contributed by atoms with Crippen LogP contribution in [-0.4, -0.2) is 19.9 Å². The molecular weight excluding hydrogens is 266 g/mol. The number of hydrogen-bond acceptors (Lipinski definition) is 4. The standard InChI is InChI=1S/C9H10ClN3O3S/c10-8-5-7(6-12-9(8)14)17(15,16)13-4-2-1-3-11/h5-6,13H,1-2,4H2,(H,12,14). The molecule has 0 saturated carbocycles. The topological polar surface area (TPSA) is 103 Å². The van der Waals surface area contributed by atoms with Gasteiger partial charge in [0.1, 0.15) is 5.02 Å². The van der Waals surface area contributed by atoms with Gasteiger partial charge >= 0.3 is 0 Å². The van der Waals surface area contributed by atoms with Crippen LogP contribution in [0.25, 0.3) is 0 Å². The highest BCUT2D eigenvalue weighted by atomic mass is 35.5. The first kappa shape index (κ1) is 13.7. The van der Waals surface area contributed by atoms with Crippen LogP contribution >= 0.6 is 11.6 Å². The number of halogens is 1. The van der Waals surface area contributed by atoms with Gasteiger partial charge in [-0.1, -0.05) is 11.6 Å². The second-order valence-corrected chi connectivity index (χ2v) is 5.35. The summed E-state index contributed by atoms with van der Waals surface area (Å²) >= 11 is 5.52. The number of H-pyrrole nitrogens is 1. The smallest absolute Gasteiger partial charge is 0.266 e. The molecule has 0 fully saturated rings. The first-order valence-corrected chi connectivity index (χ1v) is 6.58. The van der Waals surface area contributed by atoms with Crippen molar-refractivity contribution in [2.45, 2.75) is 17.7 Å². The van der Waals surface area contributed by atoms with E-state index in [1.54, 1.807) is 0 Å². The van der Waals surface area contributed by atoms with Crippen molar-refractivity contribution in [2.24, 2.45) is 0 Å². The van der Waals surface area contributed by atoms with Gasteiger partial charge in [0.15, 0.2) is 0 Å². The van der Waals surface area contributed by atoms with Gasteiger partial charge < -0.3 is 4.98 Å². The fourth-order valence-electron chi connectivity index (χ4n) is 1.05. The van der Waals surface area contributed by atoms with Crippen molar-refractivity contribution in [1.82, 2.24) is 9.71 Å². The number of nitriles is 1. The monoisotopic (exact) mass is 275 g/mol. The van der Waals surface area contributed by atoms with Gasteiger partial charge in [0, 0.05) is 19.2 Å². The number of nitrogens with one attached hydrogen (secondary N) is 2. The molecule has 17 heavy (non-hydrogen) atoms. The second kappa shape index (κ2) is 5.82. The van der Waals surface area contributed by atoms with Gasteiger partial charge in [0.25, 0.3) is 5.56 Å². The molecule has 1 aromatic heterocycles. The predicted molar refractivity (Wildman–Crippen MR) is 62.1 cm³/mol. The van der Waals surface area contributed by atoms with Gasteiger partial charge in [-0.2, -0.15) is 5.26 Å². The number of rotatable bonds is 5. The maximum absolute atomic E-state index is 11.7. The maximum Gasteiger partial charge on any atom is 0.266 e. The van der Waals surface area contributed by atoms with Crippen molar-refractivity contribution < 1.29 is 8.42 Å². The minimum Gasteiger partial charge on any atom is -0.326 e. The zero-order valence-corrected chi connectivity index (χ0v) is 10.3. The molecule has 0 saturated heterocycles. The highest BCUT2D eigenvalue weighted by Gasteiger charge is 2.14. The molecule has 0 atom stereocenters. The van der Waals surface area contributed by atoms with E-state index < -0.39 is 15.6 Å². The Labute approximate surface area is 103 Å². The zero-order valence-electron chi connectivity index (χ0n) is 8.73. The summed E-state index contributed by atoms with van der Waals surface area (Å²) in [6.07, 6.45) is 1.77. The Hall–Kier alpha value is -1.36. The van der Waals surface area contributed by atoms with Crippen LogP contribution in [0.15, 0.2) is 22.0 Å². The molecule has 92 valence electrons. The van der Waals surface area contributed by atoms with E-state index in [1.165, 1.54) is 0 Å². The molecule has 0 aliphatic carbocycles. The minimum atomic E-state index is -3.69. The highest BCUT2D eigenvalue weighted by molar-refractivity contribution is 7.89. The van der Waals surface area contributed by atoms with E-state index in [4.69, 9.17) is 16.9 Å². The van der Waals surface area contributed by atoms with Crippen LogP contribution in [-0.2, 0) is 10.0 Å². The number of nitrogens with zero attached hydrogens (tertiary/aromatic N) is 1. The fourth-order valence-corrected chi connectivity index (χ4v) is 2.35. The molecule has 0 bridgehead atoms. The Morgan fingerprint density at radius 1 is 1.53 bits per heavy atom. The average Bonchev–Trinajstić information content (AvgIpc) is 2.28. The molecule has 0 aliphatic heterocycles. The summed E-state index contributed by atoms with van der Waals surface area (Å²) < 4.78 is 25.7. The molecule has 0 aliphatic rings. The number of pyridine rings is 1. The fraction of sp³-hybridized carbons (Fsp3) is 0.333.